The number of methoxy groups -OCH3 is 1. The number of hydrogen-bond donors (Lipinski definition) is 1. The second-order valence-electron chi connectivity index (χ2n) is 3.95. The second-order valence-corrected chi connectivity index (χ2v) is 3.95. The number of hydrogen-bond acceptors (Lipinski definition) is 6. The smallest absolute Gasteiger partial charge is 0.340 e. The van der Waals surface area contributed by atoms with Gasteiger partial charge in [-0.3, -0.25) is 15.1 Å². The lowest BCUT2D eigenvalue weighted by Crippen LogP contribution is -2.08. The highest BCUT2D eigenvalue weighted by Gasteiger charge is 2.22. The summed E-state index contributed by atoms with van der Waals surface area (Å²) in [6, 6.07) is 6.17. The summed E-state index contributed by atoms with van der Waals surface area (Å²) >= 11 is 0. The van der Waals surface area contributed by atoms with Gasteiger partial charge < -0.3 is 10.5 Å². The van der Waals surface area contributed by atoms with Gasteiger partial charge in [0, 0.05) is 24.0 Å². The lowest BCUT2D eigenvalue weighted by molar-refractivity contribution is -0.383. The molecule has 102 valence electrons. The largest absolute Gasteiger partial charge is 0.465 e. The maximum absolute atomic E-state index is 11.7. The predicted molar refractivity (Wildman–Crippen MR) is 72.1 cm³/mol. The Hall–Kier alpha value is -2.96. The van der Waals surface area contributed by atoms with Gasteiger partial charge in [0.1, 0.15) is 5.69 Å². The second kappa shape index (κ2) is 5.35. The molecule has 0 aliphatic heterocycles. The fourth-order valence-electron chi connectivity index (χ4n) is 1.77. The normalized spacial score (nSPS) is 10.1. The molecule has 0 saturated carbocycles. The van der Waals surface area contributed by atoms with Crippen LogP contribution in [0.5, 0.6) is 0 Å². The quantitative estimate of drug-likeness (QED) is 0.396. The number of rotatable bonds is 3. The van der Waals surface area contributed by atoms with Gasteiger partial charge in [-0.1, -0.05) is 6.07 Å². The minimum Gasteiger partial charge on any atom is -0.465 e. The maximum Gasteiger partial charge on any atom is 0.340 e. The lowest BCUT2D eigenvalue weighted by atomic mass is 10.0. The topological polar surface area (TPSA) is 108 Å². The fraction of sp³-hybridized carbons (Fsp3) is 0.0769. The third kappa shape index (κ3) is 2.41. The zero-order chi connectivity index (χ0) is 14.7. The molecule has 0 spiro atoms. The number of benzene rings is 1. The first-order valence-electron chi connectivity index (χ1n) is 5.61. The van der Waals surface area contributed by atoms with Crippen molar-refractivity contribution < 1.29 is 14.5 Å². The molecule has 7 nitrogen and oxygen atoms in total. The van der Waals surface area contributed by atoms with Gasteiger partial charge in [0.2, 0.25) is 0 Å². The summed E-state index contributed by atoms with van der Waals surface area (Å²) < 4.78 is 4.59. The molecule has 0 bridgehead atoms. The summed E-state index contributed by atoms with van der Waals surface area (Å²) in [6.45, 7) is 0. The highest BCUT2D eigenvalue weighted by atomic mass is 16.6. The first-order chi connectivity index (χ1) is 9.54. The molecule has 0 aliphatic rings. The highest BCUT2D eigenvalue weighted by Crippen LogP contribution is 2.32. The van der Waals surface area contributed by atoms with Crippen LogP contribution in [0.15, 0.2) is 36.7 Å². The number of nitro groups is 1. The molecule has 1 heterocycles. The third-order valence-electron chi connectivity index (χ3n) is 2.76. The zero-order valence-electron chi connectivity index (χ0n) is 10.6. The zero-order valence-corrected chi connectivity index (χ0v) is 10.6. The molecular formula is C13H11N3O4. The van der Waals surface area contributed by atoms with Gasteiger partial charge in [-0.25, -0.2) is 4.79 Å². The molecular weight excluding hydrogens is 262 g/mol. The molecule has 0 atom stereocenters. The van der Waals surface area contributed by atoms with Crippen LogP contribution < -0.4 is 5.73 Å². The molecule has 0 unspecified atom stereocenters. The average Bonchev–Trinajstić information content (AvgIpc) is 2.47. The van der Waals surface area contributed by atoms with E-state index in [0.29, 0.717) is 11.1 Å². The van der Waals surface area contributed by atoms with Crippen LogP contribution >= 0.6 is 0 Å². The van der Waals surface area contributed by atoms with Crippen molar-refractivity contribution in [2.24, 2.45) is 0 Å². The molecule has 0 saturated heterocycles. The molecule has 1 aromatic heterocycles. The molecule has 20 heavy (non-hydrogen) atoms. The van der Waals surface area contributed by atoms with E-state index in [0.717, 1.165) is 0 Å². The standard InChI is InChI=1S/C13H11N3O4/c1-20-13(17)10-5-9(8-3-2-4-15-7-8)6-11(12(10)14)16(18)19/h2-7H,14H2,1H3. The predicted octanol–water partition coefficient (Wildman–Crippen LogP) is 2.03. The van der Waals surface area contributed by atoms with Crippen molar-refractivity contribution in [3.8, 4) is 11.1 Å². The van der Waals surface area contributed by atoms with Crippen molar-refractivity contribution in [2.75, 3.05) is 12.8 Å². The van der Waals surface area contributed by atoms with Crippen molar-refractivity contribution in [1.29, 1.82) is 0 Å². The first-order valence-corrected chi connectivity index (χ1v) is 5.61. The molecule has 2 rings (SSSR count). The number of ether oxygens (including phenoxy) is 1. The van der Waals surface area contributed by atoms with E-state index in [2.05, 4.69) is 9.72 Å². The summed E-state index contributed by atoms with van der Waals surface area (Å²) in [5.41, 5.74) is 6.17. The monoisotopic (exact) mass is 273 g/mol. The Morgan fingerprint density at radius 2 is 2.15 bits per heavy atom. The van der Waals surface area contributed by atoms with Gasteiger partial charge >= 0.3 is 5.97 Å². The Balaban J connectivity index is 2.68. The number of nitrogens with zero attached hydrogens (tertiary/aromatic N) is 2. The Kier molecular flexibility index (Phi) is 3.60. The minimum atomic E-state index is -0.726. The fourth-order valence-corrected chi connectivity index (χ4v) is 1.77. The first kappa shape index (κ1) is 13.5. The van der Waals surface area contributed by atoms with Crippen LogP contribution in [0.3, 0.4) is 0 Å². The molecule has 0 fully saturated rings. The summed E-state index contributed by atoms with van der Waals surface area (Å²) in [5, 5.41) is 11.0. The van der Waals surface area contributed by atoms with Crippen LogP contribution in [0.1, 0.15) is 10.4 Å². The van der Waals surface area contributed by atoms with E-state index in [1.165, 1.54) is 25.4 Å². The van der Waals surface area contributed by atoms with Crippen LogP contribution in [-0.4, -0.2) is 23.0 Å². The van der Waals surface area contributed by atoms with Crippen LogP contribution in [-0.2, 0) is 4.74 Å². The Labute approximate surface area is 114 Å². The van der Waals surface area contributed by atoms with Crippen LogP contribution in [0.25, 0.3) is 11.1 Å². The molecule has 1 aromatic carbocycles. The number of nitro benzene ring substituents is 1. The molecule has 0 radical (unpaired) electrons. The summed E-state index contributed by atoms with van der Waals surface area (Å²) in [4.78, 5) is 26.0. The van der Waals surface area contributed by atoms with Crippen molar-refractivity contribution in [3.63, 3.8) is 0 Å². The lowest BCUT2D eigenvalue weighted by Gasteiger charge is -2.08. The summed E-state index contributed by atoms with van der Waals surface area (Å²) in [7, 11) is 1.18. The average molecular weight is 273 g/mol. The van der Waals surface area contributed by atoms with Crippen LogP contribution in [0.4, 0.5) is 11.4 Å². The van der Waals surface area contributed by atoms with E-state index in [4.69, 9.17) is 5.73 Å². The van der Waals surface area contributed by atoms with E-state index in [9.17, 15) is 14.9 Å². The number of carbonyl (C=O) groups is 1. The molecule has 2 N–H and O–H groups in total. The number of nitrogen functional groups attached to an aromatic ring is 1. The number of nitrogens with two attached hydrogens (primary N) is 1. The highest BCUT2D eigenvalue weighted by molar-refractivity contribution is 5.99. The molecule has 0 aliphatic carbocycles. The number of pyridine rings is 1. The number of esters is 1. The summed E-state index contributed by atoms with van der Waals surface area (Å²) in [6.07, 6.45) is 3.12. The van der Waals surface area contributed by atoms with E-state index in [-0.39, 0.29) is 16.9 Å². The minimum absolute atomic E-state index is 0.0412. The van der Waals surface area contributed by atoms with Crippen LogP contribution in [0, 0.1) is 10.1 Å². The number of aromatic nitrogens is 1. The number of anilines is 1. The van der Waals surface area contributed by atoms with Gasteiger partial charge in [-0.05, 0) is 17.7 Å². The van der Waals surface area contributed by atoms with Gasteiger partial charge in [0.15, 0.2) is 0 Å². The van der Waals surface area contributed by atoms with Gasteiger partial charge in [0.25, 0.3) is 5.69 Å². The van der Waals surface area contributed by atoms with Crippen molar-refractivity contribution in [3.05, 3.63) is 52.3 Å². The Morgan fingerprint density at radius 3 is 2.70 bits per heavy atom. The molecule has 0 amide bonds. The summed E-state index contributed by atoms with van der Waals surface area (Å²) in [5.74, 6) is -0.726. The Bertz CT molecular complexity index is 671. The molecule has 2 aromatic rings. The van der Waals surface area contributed by atoms with E-state index in [1.54, 1.807) is 18.3 Å². The SMILES string of the molecule is COC(=O)c1cc(-c2cccnc2)cc([N+](=O)[O-])c1N. The van der Waals surface area contributed by atoms with Crippen molar-refractivity contribution in [1.82, 2.24) is 4.98 Å². The Morgan fingerprint density at radius 1 is 1.40 bits per heavy atom. The third-order valence-corrected chi connectivity index (χ3v) is 2.76. The van der Waals surface area contributed by atoms with E-state index in [1.807, 2.05) is 0 Å². The number of carbonyl (C=O) groups excluding carboxylic acids is 1. The van der Waals surface area contributed by atoms with E-state index >= 15 is 0 Å². The van der Waals surface area contributed by atoms with Crippen molar-refractivity contribution >= 4 is 17.3 Å². The van der Waals surface area contributed by atoms with Gasteiger partial charge in [-0.15, -0.1) is 0 Å². The van der Waals surface area contributed by atoms with Gasteiger partial charge in [0.05, 0.1) is 17.6 Å². The maximum atomic E-state index is 11.7. The molecule has 7 heteroatoms. The van der Waals surface area contributed by atoms with Gasteiger partial charge in [-0.2, -0.15) is 0 Å². The van der Waals surface area contributed by atoms with E-state index < -0.39 is 10.9 Å². The van der Waals surface area contributed by atoms with Crippen LogP contribution in [0.2, 0.25) is 0 Å². The van der Waals surface area contributed by atoms with Crippen molar-refractivity contribution in [2.45, 2.75) is 0 Å².